The molecule has 4 heteroatoms. The minimum atomic E-state index is 0.266. The molecule has 0 saturated carbocycles. The van der Waals surface area contributed by atoms with Crippen LogP contribution in [0.15, 0.2) is 0 Å². The lowest BCUT2D eigenvalue weighted by molar-refractivity contribution is 0.282. The van der Waals surface area contributed by atoms with E-state index in [9.17, 15) is 0 Å². The summed E-state index contributed by atoms with van der Waals surface area (Å²) in [5.41, 5.74) is 2.84. The van der Waals surface area contributed by atoms with Gasteiger partial charge >= 0.3 is 0 Å². The lowest BCUT2D eigenvalue weighted by Gasteiger charge is -2.21. The van der Waals surface area contributed by atoms with Crippen molar-refractivity contribution in [2.75, 3.05) is 26.2 Å². The monoisotopic (exact) mass is 230 g/mol. The summed E-state index contributed by atoms with van der Waals surface area (Å²) < 4.78 is 0. The molecule has 98 valence electrons. The molecule has 0 saturated heterocycles. The molecule has 0 aromatic carbocycles. The molecular formula is C12H30N4. The third-order valence-corrected chi connectivity index (χ3v) is 2.98. The van der Waals surface area contributed by atoms with Gasteiger partial charge in [-0.25, -0.2) is 5.43 Å². The average Bonchev–Trinajstić information content (AvgIpc) is 2.32. The molecule has 0 aliphatic carbocycles. The minimum absolute atomic E-state index is 0.266. The number of hydrogen-bond acceptors (Lipinski definition) is 4. The van der Waals surface area contributed by atoms with Gasteiger partial charge in [-0.2, -0.15) is 0 Å². The lowest BCUT2D eigenvalue weighted by atomic mass is 10.2. The van der Waals surface area contributed by atoms with E-state index >= 15 is 0 Å². The molecule has 0 amide bonds. The largest absolute Gasteiger partial charge is 0.304 e. The smallest absolute Gasteiger partial charge is 0.0702 e. The van der Waals surface area contributed by atoms with Crippen LogP contribution in [0, 0.1) is 0 Å². The summed E-state index contributed by atoms with van der Waals surface area (Å²) in [5, 5.41) is 3.43. The van der Waals surface area contributed by atoms with Crippen LogP contribution in [0.3, 0.4) is 0 Å². The normalized spacial score (nSPS) is 13.3. The van der Waals surface area contributed by atoms with E-state index in [2.05, 4.69) is 36.4 Å². The molecule has 0 aliphatic heterocycles. The summed E-state index contributed by atoms with van der Waals surface area (Å²) in [4.78, 5) is 2.44. The maximum atomic E-state index is 5.51. The summed E-state index contributed by atoms with van der Waals surface area (Å²) in [6.07, 6.45) is 4.99. The first-order valence-corrected chi connectivity index (χ1v) is 6.70. The first kappa shape index (κ1) is 15.8. The summed E-state index contributed by atoms with van der Waals surface area (Å²) in [7, 11) is 0. The van der Waals surface area contributed by atoms with Crippen molar-refractivity contribution < 1.29 is 0 Å². The third kappa shape index (κ3) is 8.05. The fourth-order valence-corrected chi connectivity index (χ4v) is 1.76. The van der Waals surface area contributed by atoms with E-state index in [4.69, 9.17) is 5.84 Å². The number of rotatable bonds is 11. The van der Waals surface area contributed by atoms with Gasteiger partial charge in [0.15, 0.2) is 0 Å². The highest BCUT2D eigenvalue weighted by Gasteiger charge is 2.05. The van der Waals surface area contributed by atoms with Gasteiger partial charge < -0.3 is 10.2 Å². The van der Waals surface area contributed by atoms with E-state index in [1.165, 1.54) is 25.8 Å². The zero-order chi connectivity index (χ0) is 12.2. The van der Waals surface area contributed by atoms with Crippen LogP contribution in [0.25, 0.3) is 0 Å². The van der Waals surface area contributed by atoms with Gasteiger partial charge in [0.05, 0.1) is 6.17 Å². The number of hydrazine groups is 1. The second-order valence-corrected chi connectivity index (χ2v) is 4.20. The number of nitrogens with one attached hydrogen (secondary N) is 2. The Balaban J connectivity index is 3.53. The average molecular weight is 230 g/mol. The lowest BCUT2D eigenvalue weighted by Crippen LogP contribution is -2.46. The van der Waals surface area contributed by atoms with Crippen LogP contribution in [-0.4, -0.2) is 37.2 Å². The Morgan fingerprint density at radius 2 is 1.81 bits per heavy atom. The van der Waals surface area contributed by atoms with Gasteiger partial charge in [0.2, 0.25) is 0 Å². The number of unbranched alkanes of at least 4 members (excludes halogenated alkanes) is 1. The Labute approximate surface area is 101 Å². The maximum Gasteiger partial charge on any atom is 0.0702 e. The molecule has 4 nitrogen and oxygen atoms in total. The summed E-state index contributed by atoms with van der Waals surface area (Å²) in [6, 6.07) is 0. The zero-order valence-electron chi connectivity index (χ0n) is 11.3. The van der Waals surface area contributed by atoms with E-state index in [-0.39, 0.29) is 6.17 Å². The predicted molar refractivity (Wildman–Crippen MR) is 71.0 cm³/mol. The number of nitrogens with zero attached hydrogens (tertiary/aromatic N) is 1. The van der Waals surface area contributed by atoms with E-state index in [1.807, 2.05) is 0 Å². The van der Waals surface area contributed by atoms with Crippen molar-refractivity contribution in [1.82, 2.24) is 15.6 Å². The molecule has 16 heavy (non-hydrogen) atoms. The van der Waals surface area contributed by atoms with E-state index < -0.39 is 0 Å². The Morgan fingerprint density at radius 3 is 2.31 bits per heavy atom. The van der Waals surface area contributed by atoms with Crippen LogP contribution in [-0.2, 0) is 0 Å². The van der Waals surface area contributed by atoms with Crippen molar-refractivity contribution in [1.29, 1.82) is 0 Å². The van der Waals surface area contributed by atoms with Gasteiger partial charge in [0, 0.05) is 0 Å². The van der Waals surface area contributed by atoms with Crippen LogP contribution in [0.1, 0.15) is 46.5 Å². The Morgan fingerprint density at radius 1 is 1.12 bits per heavy atom. The quantitative estimate of drug-likeness (QED) is 0.217. The highest BCUT2D eigenvalue weighted by atomic mass is 15.3. The summed E-state index contributed by atoms with van der Waals surface area (Å²) in [6.45, 7) is 11.1. The molecule has 0 aliphatic rings. The molecule has 0 aromatic rings. The van der Waals surface area contributed by atoms with Crippen LogP contribution >= 0.6 is 0 Å². The van der Waals surface area contributed by atoms with E-state index in [0.717, 1.165) is 26.1 Å². The summed E-state index contributed by atoms with van der Waals surface area (Å²) >= 11 is 0. The standard InChI is InChI=1S/C12H30N4/c1-4-7-10-14-12(15-13)9-8-11-16(5-2)6-3/h12,14-15H,4-11,13H2,1-3H3. The van der Waals surface area contributed by atoms with Gasteiger partial charge in [0.25, 0.3) is 0 Å². The number of nitrogens with two attached hydrogens (primary N) is 1. The summed E-state index contributed by atoms with van der Waals surface area (Å²) in [5.74, 6) is 5.51. The molecule has 1 atom stereocenters. The van der Waals surface area contributed by atoms with Crippen molar-refractivity contribution in [3.63, 3.8) is 0 Å². The highest BCUT2D eigenvalue weighted by Crippen LogP contribution is 1.98. The topological polar surface area (TPSA) is 53.3 Å². The van der Waals surface area contributed by atoms with Crippen LogP contribution in [0.4, 0.5) is 0 Å². The molecular weight excluding hydrogens is 200 g/mol. The van der Waals surface area contributed by atoms with Crippen LogP contribution in [0.2, 0.25) is 0 Å². The molecule has 0 fully saturated rings. The first-order chi connectivity index (χ1) is 7.78. The molecule has 0 heterocycles. The highest BCUT2D eigenvalue weighted by molar-refractivity contribution is 4.63. The molecule has 1 unspecified atom stereocenters. The van der Waals surface area contributed by atoms with Crippen molar-refractivity contribution in [3.05, 3.63) is 0 Å². The van der Waals surface area contributed by atoms with Gasteiger partial charge in [-0.3, -0.25) is 5.84 Å². The van der Waals surface area contributed by atoms with Crippen molar-refractivity contribution in [2.45, 2.75) is 52.6 Å². The third-order valence-electron chi connectivity index (χ3n) is 2.98. The molecule has 4 N–H and O–H groups in total. The molecule has 0 aromatic heterocycles. The molecule has 0 bridgehead atoms. The zero-order valence-corrected chi connectivity index (χ0v) is 11.3. The maximum absolute atomic E-state index is 5.51. The van der Waals surface area contributed by atoms with Gasteiger partial charge in [0.1, 0.15) is 0 Å². The first-order valence-electron chi connectivity index (χ1n) is 6.70. The second kappa shape index (κ2) is 11.3. The minimum Gasteiger partial charge on any atom is -0.304 e. The van der Waals surface area contributed by atoms with Crippen LogP contribution in [0.5, 0.6) is 0 Å². The Bertz CT molecular complexity index is 137. The SMILES string of the molecule is CCCCNC(CCCN(CC)CC)NN. The van der Waals surface area contributed by atoms with Crippen molar-refractivity contribution in [2.24, 2.45) is 5.84 Å². The molecule has 0 radical (unpaired) electrons. The van der Waals surface area contributed by atoms with Crippen molar-refractivity contribution >= 4 is 0 Å². The van der Waals surface area contributed by atoms with E-state index in [0.29, 0.717) is 0 Å². The number of hydrogen-bond donors (Lipinski definition) is 3. The Hall–Kier alpha value is -0.160. The van der Waals surface area contributed by atoms with Gasteiger partial charge in [-0.05, 0) is 45.4 Å². The predicted octanol–water partition coefficient (Wildman–Crippen LogP) is 1.29. The van der Waals surface area contributed by atoms with E-state index in [1.54, 1.807) is 0 Å². The van der Waals surface area contributed by atoms with Gasteiger partial charge in [-0.1, -0.05) is 27.2 Å². The molecule has 0 spiro atoms. The van der Waals surface area contributed by atoms with Crippen molar-refractivity contribution in [3.8, 4) is 0 Å². The Kier molecular flexibility index (Phi) is 11.2. The fourth-order valence-electron chi connectivity index (χ4n) is 1.76. The van der Waals surface area contributed by atoms with Crippen LogP contribution < -0.4 is 16.6 Å². The fraction of sp³-hybridized carbons (Fsp3) is 1.00. The second-order valence-electron chi connectivity index (χ2n) is 4.20. The molecule has 0 rings (SSSR count). The van der Waals surface area contributed by atoms with Gasteiger partial charge in [-0.15, -0.1) is 0 Å².